The van der Waals surface area contributed by atoms with Crippen LogP contribution in [0.15, 0.2) is 53.5 Å². The summed E-state index contributed by atoms with van der Waals surface area (Å²) in [4.78, 5) is 16.5. The highest BCUT2D eigenvalue weighted by molar-refractivity contribution is 14.0. The number of benzene rings is 2. The molecule has 0 aliphatic carbocycles. The van der Waals surface area contributed by atoms with Gasteiger partial charge in [-0.25, -0.2) is 4.99 Å². The van der Waals surface area contributed by atoms with Crippen molar-refractivity contribution in [2.45, 2.75) is 19.4 Å². The highest BCUT2D eigenvalue weighted by Gasteiger charge is 2.22. The van der Waals surface area contributed by atoms with Gasteiger partial charge in [0.25, 0.3) is 0 Å². The van der Waals surface area contributed by atoms with Crippen LogP contribution in [0, 0.1) is 12.3 Å². The van der Waals surface area contributed by atoms with Crippen LogP contribution in [0.3, 0.4) is 0 Å². The Morgan fingerprint density at radius 2 is 2.07 bits per heavy atom. The standard InChI is InChI=1S/C22H24N4O2.HI/c1-3-16-8-7-10-18(12-16)26-21(27)15-25-22(23-4-2)24-14-19-13-17-9-5-6-11-20(17)28-19;/h1,5-12,19H,4,13-15H2,2H3,(H,26,27)(H2,23,24,25);1H. The quantitative estimate of drug-likeness (QED) is 0.245. The lowest BCUT2D eigenvalue weighted by Crippen LogP contribution is -2.42. The maximum absolute atomic E-state index is 12.2. The predicted molar refractivity (Wildman–Crippen MR) is 127 cm³/mol. The topological polar surface area (TPSA) is 74.8 Å². The number of hydrogen-bond acceptors (Lipinski definition) is 3. The van der Waals surface area contributed by atoms with Crippen LogP contribution in [0.2, 0.25) is 0 Å². The highest BCUT2D eigenvalue weighted by atomic mass is 127. The molecule has 0 aromatic heterocycles. The molecule has 1 atom stereocenters. The molecule has 0 spiro atoms. The molecule has 0 bridgehead atoms. The number of anilines is 1. The van der Waals surface area contributed by atoms with Crippen LogP contribution in [-0.2, 0) is 11.2 Å². The zero-order valence-corrected chi connectivity index (χ0v) is 18.6. The van der Waals surface area contributed by atoms with Crippen LogP contribution in [0.5, 0.6) is 5.75 Å². The van der Waals surface area contributed by atoms with Crippen LogP contribution >= 0.6 is 24.0 Å². The molecule has 29 heavy (non-hydrogen) atoms. The Balaban J connectivity index is 0.00000300. The predicted octanol–water partition coefficient (Wildman–Crippen LogP) is 2.78. The number of fused-ring (bicyclic) bond motifs is 1. The van der Waals surface area contributed by atoms with Gasteiger partial charge in [0.2, 0.25) is 5.91 Å². The van der Waals surface area contributed by atoms with Crippen LogP contribution in [0.1, 0.15) is 18.1 Å². The van der Waals surface area contributed by atoms with E-state index in [0.717, 1.165) is 12.2 Å². The Labute approximate surface area is 188 Å². The third-order valence-electron chi connectivity index (χ3n) is 4.25. The number of nitrogens with zero attached hydrogens (tertiary/aromatic N) is 1. The summed E-state index contributed by atoms with van der Waals surface area (Å²) < 4.78 is 5.92. The lowest BCUT2D eigenvalue weighted by molar-refractivity contribution is -0.114. The molecule has 0 fully saturated rings. The van der Waals surface area contributed by atoms with Crippen LogP contribution in [-0.4, -0.2) is 37.6 Å². The molecule has 152 valence electrons. The van der Waals surface area contributed by atoms with E-state index in [2.05, 4.69) is 32.9 Å². The number of amides is 1. The molecule has 3 rings (SSSR count). The molecule has 1 aliphatic heterocycles. The van der Waals surface area contributed by atoms with Crippen LogP contribution in [0.4, 0.5) is 5.69 Å². The second-order valence-electron chi connectivity index (χ2n) is 6.40. The number of carbonyl (C=O) groups is 1. The number of ether oxygens (including phenoxy) is 1. The number of nitrogens with one attached hydrogen (secondary N) is 3. The first-order valence-electron chi connectivity index (χ1n) is 9.31. The van der Waals surface area contributed by atoms with Crippen molar-refractivity contribution in [2.75, 3.05) is 25.0 Å². The second-order valence-corrected chi connectivity index (χ2v) is 6.40. The van der Waals surface area contributed by atoms with Crippen molar-refractivity contribution in [2.24, 2.45) is 4.99 Å². The summed E-state index contributed by atoms with van der Waals surface area (Å²) >= 11 is 0. The lowest BCUT2D eigenvalue weighted by Gasteiger charge is -2.15. The fourth-order valence-electron chi connectivity index (χ4n) is 2.96. The number of aliphatic imine (C=N–C) groups is 1. The van der Waals surface area contributed by atoms with Crippen molar-refractivity contribution < 1.29 is 9.53 Å². The van der Waals surface area contributed by atoms with E-state index in [1.54, 1.807) is 18.2 Å². The molecule has 1 unspecified atom stereocenters. The Morgan fingerprint density at radius 3 is 2.83 bits per heavy atom. The molecule has 7 heteroatoms. The summed E-state index contributed by atoms with van der Waals surface area (Å²) in [6.07, 6.45) is 6.28. The van der Waals surface area contributed by atoms with E-state index in [1.165, 1.54) is 5.56 Å². The summed E-state index contributed by atoms with van der Waals surface area (Å²) in [5.41, 5.74) is 2.59. The Hall–Kier alpha value is -2.73. The fraction of sp³-hybridized carbons (Fsp3) is 0.273. The smallest absolute Gasteiger partial charge is 0.246 e. The minimum Gasteiger partial charge on any atom is -0.488 e. The minimum atomic E-state index is -0.212. The minimum absolute atomic E-state index is 0. The zero-order chi connectivity index (χ0) is 19.8. The first-order valence-corrected chi connectivity index (χ1v) is 9.31. The molecular weight excluding hydrogens is 479 g/mol. The number of carbonyl (C=O) groups excluding carboxylic acids is 1. The Morgan fingerprint density at radius 1 is 1.24 bits per heavy atom. The van der Waals surface area contributed by atoms with Gasteiger partial charge in [-0.1, -0.05) is 30.2 Å². The van der Waals surface area contributed by atoms with E-state index in [0.29, 0.717) is 30.3 Å². The summed E-state index contributed by atoms with van der Waals surface area (Å²) in [5, 5.41) is 9.19. The summed E-state index contributed by atoms with van der Waals surface area (Å²) in [5.74, 6) is 3.85. The van der Waals surface area contributed by atoms with Crippen molar-refractivity contribution in [1.29, 1.82) is 0 Å². The molecule has 0 radical (unpaired) electrons. The molecule has 0 saturated heterocycles. The van der Waals surface area contributed by atoms with Gasteiger partial charge >= 0.3 is 0 Å². The first kappa shape index (κ1) is 22.6. The number of hydrogen-bond donors (Lipinski definition) is 3. The molecule has 0 saturated carbocycles. The van der Waals surface area contributed by atoms with E-state index in [9.17, 15) is 4.79 Å². The van der Waals surface area contributed by atoms with E-state index in [-0.39, 0.29) is 42.5 Å². The number of halogens is 1. The van der Waals surface area contributed by atoms with Gasteiger partial charge in [0.1, 0.15) is 18.4 Å². The van der Waals surface area contributed by atoms with Crippen LogP contribution < -0.4 is 20.7 Å². The Bertz CT molecular complexity index is 883. The van der Waals surface area contributed by atoms with Gasteiger partial charge < -0.3 is 20.7 Å². The number of para-hydroxylation sites is 1. The van der Waals surface area contributed by atoms with Crippen molar-refractivity contribution in [3.05, 3.63) is 59.7 Å². The van der Waals surface area contributed by atoms with Gasteiger partial charge in [0.05, 0.1) is 6.54 Å². The van der Waals surface area contributed by atoms with Gasteiger partial charge in [0.15, 0.2) is 5.96 Å². The number of guanidine groups is 1. The van der Waals surface area contributed by atoms with E-state index in [4.69, 9.17) is 11.2 Å². The van der Waals surface area contributed by atoms with Gasteiger partial charge in [-0.3, -0.25) is 4.79 Å². The normalized spacial score (nSPS) is 14.6. The Kier molecular flexibility index (Phi) is 8.80. The van der Waals surface area contributed by atoms with Crippen molar-refractivity contribution in [1.82, 2.24) is 10.6 Å². The monoisotopic (exact) mass is 504 g/mol. The average molecular weight is 504 g/mol. The molecular formula is C22H25IN4O2. The number of terminal acetylenes is 1. The highest BCUT2D eigenvalue weighted by Crippen LogP contribution is 2.27. The molecule has 1 aliphatic rings. The van der Waals surface area contributed by atoms with Crippen molar-refractivity contribution in [3.63, 3.8) is 0 Å². The molecule has 3 N–H and O–H groups in total. The van der Waals surface area contributed by atoms with Gasteiger partial charge in [-0.15, -0.1) is 30.4 Å². The summed E-state index contributed by atoms with van der Waals surface area (Å²) in [6.45, 7) is 3.28. The lowest BCUT2D eigenvalue weighted by atomic mass is 10.1. The maximum atomic E-state index is 12.2. The largest absolute Gasteiger partial charge is 0.488 e. The molecule has 1 amide bonds. The summed E-state index contributed by atoms with van der Waals surface area (Å²) in [7, 11) is 0. The first-order chi connectivity index (χ1) is 13.7. The number of rotatable bonds is 6. The van der Waals surface area contributed by atoms with Gasteiger partial charge in [-0.2, -0.15) is 0 Å². The van der Waals surface area contributed by atoms with Gasteiger partial charge in [0, 0.05) is 24.2 Å². The van der Waals surface area contributed by atoms with Crippen molar-refractivity contribution >= 4 is 41.5 Å². The van der Waals surface area contributed by atoms with Gasteiger partial charge in [-0.05, 0) is 36.8 Å². The molecule has 2 aromatic rings. The maximum Gasteiger partial charge on any atom is 0.246 e. The fourth-order valence-corrected chi connectivity index (χ4v) is 2.96. The second kappa shape index (κ2) is 11.3. The van der Waals surface area contributed by atoms with Crippen molar-refractivity contribution in [3.8, 4) is 18.1 Å². The third-order valence-corrected chi connectivity index (χ3v) is 4.25. The van der Waals surface area contributed by atoms with E-state index in [1.807, 2.05) is 31.2 Å². The van der Waals surface area contributed by atoms with E-state index < -0.39 is 0 Å². The summed E-state index contributed by atoms with van der Waals surface area (Å²) in [6, 6.07) is 15.2. The molecule has 6 nitrogen and oxygen atoms in total. The zero-order valence-electron chi connectivity index (χ0n) is 16.3. The third kappa shape index (κ3) is 6.68. The van der Waals surface area contributed by atoms with E-state index >= 15 is 0 Å². The average Bonchev–Trinajstić information content (AvgIpc) is 3.13. The molecule has 1 heterocycles. The van der Waals surface area contributed by atoms with Crippen LogP contribution in [0.25, 0.3) is 0 Å². The molecule has 2 aromatic carbocycles. The SMILES string of the molecule is C#Cc1cccc(NC(=O)CN=C(NCC)NCC2Cc3ccccc3O2)c1.I.